The van der Waals surface area contributed by atoms with Gasteiger partial charge in [0.05, 0.1) is 19.8 Å². The Kier molecular flexibility index (Phi) is 4.48. The fraction of sp³-hybridized carbons (Fsp3) is 0.500. The number of rotatable bonds is 4. The molecule has 0 unspecified atom stereocenters. The summed E-state index contributed by atoms with van der Waals surface area (Å²) in [5, 5.41) is 0. The molecule has 1 aromatic carbocycles. The van der Waals surface area contributed by atoms with Crippen LogP contribution in [0.5, 0.6) is 11.5 Å². The first-order valence-electron chi connectivity index (χ1n) is 5.49. The second-order valence-electron chi connectivity index (χ2n) is 4.18. The van der Waals surface area contributed by atoms with Crippen LogP contribution in [-0.2, 0) is 0 Å². The number of benzene rings is 1. The molecule has 0 aliphatic heterocycles. The minimum atomic E-state index is -5.77. The molecule has 1 aromatic rings. The summed E-state index contributed by atoms with van der Waals surface area (Å²) in [6, 6.07) is -0.0121. The summed E-state index contributed by atoms with van der Waals surface area (Å²) in [5.41, 5.74) is 5.18. The highest BCUT2D eigenvalue weighted by molar-refractivity contribution is 5.50. The molecule has 0 fully saturated rings. The topological polar surface area (TPSA) is 44.5 Å². The lowest BCUT2D eigenvalue weighted by Crippen LogP contribution is -2.46. The van der Waals surface area contributed by atoms with E-state index in [4.69, 9.17) is 15.2 Å². The highest BCUT2D eigenvalue weighted by atomic mass is 19.4. The Morgan fingerprint density at radius 2 is 1.40 bits per heavy atom. The SMILES string of the molecule is COc1cc(C)cc(OC)c1[C@H](N)C(F)(F)C(F)(F)F. The van der Waals surface area contributed by atoms with Crippen molar-refractivity contribution in [3.63, 3.8) is 0 Å². The summed E-state index contributed by atoms with van der Waals surface area (Å²) < 4.78 is 73.7. The van der Waals surface area contributed by atoms with Crippen LogP contribution in [0.1, 0.15) is 17.2 Å². The number of hydrogen-bond donors (Lipinski definition) is 1. The Morgan fingerprint density at radius 1 is 1.00 bits per heavy atom. The van der Waals surface area contributed by atoms with Crippen molar-refractivity contribution >= 4 is 0 Å². The number of halogens is 5. The van der Waals surface area contributed by atoms with Crippen molar-refractivity contribution < 1.29 is 31.4 Å². The van der Waals surface area contributed by atoms with Crippen molar-refractivity contribution in [1.82, 2.24) is 0 Å². The lowest BCUT2D eigenvalue weighted by molar-refractivity contribution is -0.291. The Bertz CT molecular complexity index is 462. The third kappa shape index (κ3) is 2.79. The highest BCUT2D eigenvalue weighted by Gasteiger charge is 2.62. The summed E-state index contributed by atoms with van der Waals surface area (Å²) in [5.74, 6) is -5.47. The maximum absolute atomic E-state index is 13.4. The summed E-state index contributed by atoms with van der Waals surface area (Å²) >= 11 is 0. The zero-order valence-electron chi connectivity index (χ0n) is 11.0. The van der Waals surface area contributed by atoms with Crippen LogP contribution in [0.3, 0.4) is 0 Å². The first-order valence-corrected chi connectivity index (χ1v) is 5.49. The largest absolute Gasteiger partial charge is 0.496 e. The van der Waals surface area contributed by atoms with Gasteiger partial charge < -0.3 is 15.2 Å². The monoisotopic (exact) mass is 299 g/mol. The van der Waals surface area contributed by atoms with E-state index in [1.807, 2.05) is 0 Å². The van der Waals surface area contributed by atoms with Crippen molar-refractivity contribution in [2.24, 2.45) is 5.73 Å². The Morgan fingerprint density at radius 3 is 1.70 bits per heavy atom. The van der Waals surface area contributed by atoms with Gasteiger partial charge in [-0.05, 0) is 24.6 Å². The van der Waals surface area contributed by atoms with Gasteiger partial charge in [0.1, 0.15) is 17.5 Å². The predicted molar refractivity (Wildman–Crippen MR) is 62.2 cm³/mol. The molecule has 0 aromatic heterocycles. The quantitative estimate of drug-likeness (QED) is 0.868. The molecule has 20 heavy (non-hydrogen) atoms. The molecule has 114 valence electrons. The second kappa shape index (κ2) is 5.43. The molecule has 0 radical (unpaired) electrons. The lowest BCUT2D eigenvalue weighted by atomic mass is 9.97. The van der Waals surface area contributed by atoms with Gasteiger partial charge in [0.25, 0.3) is 0 Å². The Labute approximate surface area is 112 Å². The number of nitrogens with two attached hydrogens (primary N) is 1. The lowest BCUT2D eigenvalue weighted by Gasteiger charge is -2.28. The standard InChI is InChI=1S/C12H14F5NO2/c1-6-4-7(19-2)9(8(5-6)20-3)10(18)11(13,14)12(15,16)17/h4-5,10H,18H2,1-3H3/t10-/m0/s1. The van der Waals surface area contributed by atoms with Crippen molar-refractivity contribution in [2.45, 2.75) is 25.1 Å². The molecule has 0 amide bonds. The Balaban J connectivity index is 3.45. The molecule has 0 spiro atoms. The van der Waals surface area contributed by atoms with E-state index in [-0.39, 0.29) is 11.5 Å². The van der Waals surface area contributed by atoms with Crippen molar-refractivity contribution in [3.05, 3.63) is 23.3 Å². The third-order valence-corrected chi connectivity index (χ3v) is 2.77. The number of hydrogen-bond acceptors (Lipinski definition) is 3. The molecule has 0 aliphatic carbocycles. The maximum Gasteiger partial charge on any atom is 0.455 e. The maximum atomic E-state index is 13.4. The van der Waals surface area contributed by atoms with Gasteiger partial charge in [-0.2, -0.15) is 22.0 Å². The predicted octanol–water partition coefficient (Wildman–Crippen LogP) is 3.21. The third-order valence-electron chi connectivity index (χ3n) is 2.77. The van der Waals surface area contributed by atoms with Gasteiger partial charge in [0.15, 0.2) is 0 Å². The zero-order chi connectivity index (χ0) is 15.7. The average Bonchev–Trinajstić information content (AvgIpc) is 2.35. The first kappa shape index (κ1) is 16.5. The normalized spacial score (nSPS) is 14.1. The fourth-order valence-electron chi connectivity index (χ4n) is 1.73. The van der Waals surface area contributed by atoms with Crippen LogP contribution in [0.4, 0.5) is 22.0 Å². The minimum absolute atomic E-state index is 0.182. The number of alkyl halides is 5. The highest BCUT2D eigenvalue weighted by Crippen LogP contribution is 2.47. The summed E-state index contributed by atoms with van der Waals surface area (Å²) in [4.78, 5) is 0. The van der Waals surface area contributed by atoms with E-state index in [9.17, 15) is 22.0 Å². The van der Waals surface area contributed by atoms with Gasteiger partial charge in [0, 0.05) is 0 Å². The summed E-state index contributed by atoms with van der Waals surface area (Å²) in [6.07, 6.45) is -5.77. The molecule has 1 rings (SSSR count). The van der Waals surface area contributed by atoms with Gasteiger partial charge in [0.2, 0.25) is 0 Å². The minimum Gasteiger partial charge on any atom is -0.496 e. The van der Waals surface area contributed by atoms with Crippen LogP contribution >= 0.6 is 0 Å². The van der Waals surface area contributed by atoms with Gasteiger partial charge in [-0.1, -0.05) is 0 Å². The van der Waals surface area contributed by atoms with Gasteiger partial charge >= 0.3 is 12.1 Å². The molecular weight excluding hydrogens is 285 g/mol. The molecular formula is C12H14F5NO2. The molecule has 3 nitrogen and oxygen atoms in total. The van der Waals surface area contributed by atoms with Gasteiger partial charge in [-0.15, -0.1) is 0 Å². The van der Waals surface area contributed by atoms with Crippen LogP contribution in [0.2, 0.25) is 0 Å². The van der Waals surface area contributed by atoms with Crippen molar-refractivity contribution in [2.75, 3.05) is 14.2 Å². The van der Waals surface area contributed by atoms with Crippen molar-refractivity contribution in [3.8, 4) is 11.5 Å². The fourth-order valence-corrected chi connectivity index (χ4v) is 1.73. The van der Waals surface area contributed by atoms with E-state index >= 15 is 0 Å². The molecule has 0 saturated carbocycles. The zero-order valence-corrected chi connectivity index (χ0v) is 11.0. The van der Waals surface area contributed by atoms with Gasteiger partial charge in [-0.3, -0.25) is 0 Å². The smallest absolute Gasteiger partial charge is 0.455 e. The second-order valence-corrected chi connectivity index (χ2v) is 4.18. The number of methoxy groups -OCH3 is 2. The van der Waals surface area contributed by atoms with E-state index < -0.39 is 23.7 Å². The molecule has 0 bridgehead atoms. The van der Waals surface area contributed by atoms with E-state index in [1.54, 1.807) is 6.92 Å². The van der Waals surface area contributed by atoms with Crippen LogP contribution < -0.4 is 15.2 Å². The molecule has 0 saturated heterocycles. The molecule has 0 heterocycles. The van der Waals surface area contributed by atoms with E-state index in [0.29, 0.717) is 5.56 Å². The molecule has 0 aliphatic rings. The van der Waals surface area contributed by atoms with Gasteiger partial charge in [-0.25, -0.2) is 0 Å². The summed E-state index contributed by atoms with van der Waals surface area (Å²) in [6.45, 7) is 1.61. The van der Waals surface area contributed by atoms with Crippen LogP contribution in [-0.4, -0.2) is 26.3 Å². The molecule has 8 heteroatoms. The van der Waals surface area contributed by atoms with Crippen molar-refractivity contribution in [1.29, 1.82) is 0 Å². The van der Waals surface area contributed by atoms with Crippen LogP contribution in [0.25, 0.3) is 0 Å². The van der Waals surface area contributed by atoms with Crippen LogP contribution in [0, 0.1) is 6.92 Å². The van der Waals surface area contributed by atoms with E-state index in [2.05, 4.69) is 0 Å². The van der Waals surface area contributed by atoms with Crippen LogP contribution in [0.15, 0.2) is 12.1 Å². The number of aryl methyl sites for hydroxylation is 1. The molecule has 2 N–H and O–H groups in total. The van der Waals surface area contributed by atoms with E-state index in [0.717, 1.165) is 14.2 Å². The average molecular weight is 299 g/mol. The Hall–Kier alpha value is -1.57. The summed E-state index contributed by atoms with van der Waals surface area (Å²) in [7, 11) is 2.30. The number of ether oxygens (including phenoxy) is 2. The van der Waals surface area contributed by atoms with E-state index in [1.165, 1.54) is 12.1 Å². The first-order chi connectivity index (χ1) is 9.06. The molecule has 1 atom stereocenters.